The first-order chi connectivity index (χ1) is 12.5. The number of carbonyl (C=O) groups excluding carboxylic acids is 3. The number of carbonyl (C=O) groups is 3. The van der Waals surface area contributed by atoms with Gasteiger partial charge in [-0.15, -0.1) is 0 Å². The van der Waals surface area contributed by atoms with Crippen molar-refractivity contribution in [3.05, 3.63) is 29.8 Å². The van der Waals surface area contributed by atoms with E-state index in [-0.39, 0.29) is 6.04 Å². The van der Waals surface area contributed by atoms with E-state index in [4.69, 9.17) is 14.2 Å². The number of urea groups is 1. The van der Waals surface area contributed by atoms with E-state index in [9.17, 15) is 14.4 Å². The van der Waals surface area contributed by atoms with Gasteiger partial charge in [-0.2, -0.15) is 0 Å². The van der Waals surface area contributed by atoms with Gasteiger partial charge in [0.2, 0.25) is 0 Å². The van der Waals surface area contributed by atoms with Gasteiger partial charge in [0.15, 0.2) is 18.1 Å². The summed E-state index contributed by atoms with van der Waals surface area (Å²) in [5.74, 6) is -0.133. The van der Waals surface area contributed by atoms with Gasteiger partial charge < -0.3 is 19.5 Å². The Morgan fingerprint density at radius 1 is 1.23 bits per heavy atom. The Labute approximate surface area is 151 Å². The van der Waals surface area contributed by atoms with Crippen molar-refractivity contribution in [1.29, 1.82) is 0 Å². The average molecular weight is 362 g/mol. The van der Waals surface area contributed by atoms with E-state index in [0.29, 0.717) is 24.7 Å². The lowest BCUT2D eigenvalue weighted by Crippen LogP contribution is -2.44. The van der Waals surface area contributed by atoms with Gasteiger partial charge in [-0.3, -0.25) is 10.1 Å². The highest BCUT2D eigenvalue weighted by atomic mass is 16.6. The van der Waals surface area contributed by atoms with Crippen molar-refractivity contribution >= 4 is 24.0 Å². The van der Waals surface area contributed by atoms with Crippen LogP contribution in [0.15, 0.2) is 24.3 Å². The molecule has 8 nitrogen and oxygen atoms in total. The Bertz CT molecular complexity index is 701. The van der Waals surface area contributed by atoms with Crippen LogP contribution in [0.3, 0.4) is 0 Å². The number of amides is 3. The number of fused-ring (bicyclic) bond motifs is 1. The van der Waals surface area contributed by atoms with Gasteiger partial charge in [-0.05, 0) is 37.1 Å². The number of hydrogen-bond donors (Lipinski definition) is 2. The molecule has 3 amide bonds. The third-order valence-electron chi connectivity index (χ3n) is 3.57. The quantitative estimate of drug-likeness (QED) is 0.589. The zero-order chi connectivity index (χ0) is 18.9. The number of nitrogens with one attached hydrogen (secondary N) is 2. The molecule has 0 aromatic heterocycles. The van der Waals surface area contributed by atoms with Gasteiger partial charge in [-0.25, -0.2) is 9.59 Å². The van der Waals surface area contributed by atoms with Crippen LogP contribution in [0.2, 0.25) is 0 Å². The average Bonchev–Trinajstić information content (AvgIpc) is 2.64. The van der Waals surface area contributed by atoms with Crippen molar-refractivity contribution in [2.75, 3.05) is 19.8 Å². The first-order valence-electron chi connectivity index (χ1n) is 8.32. The van der Waals surface area contributed by atoms with E-state index in [1.807, 2.05) is 13.8 Å². The predicted octanol–water partition coefficient (Wildman–Crippen LogP) is 1.64. The normalized spacial score (nSPS) is 13.8. The molecule has 1 atom stereocenters. The molecule has 1 aromatic carbocycles. The molecule has 0 fully saturated rings. The van der Waals surface area contributed by atoms with Crippen molar-refractivity contribution in [2.45, 2.75) is 26.3 Å². The summed E-state index contributed by atoms with van der Waals surface area (Å²) in [5.41, 5.74) is 0.726. The van der Waals surface area contributed by atoms with Crippen LogP contribution in [-0.2, 0) is 14.3 Å². The number of imide groups is 1. The zero-order valence-electron chi connectivity index (χ0n) is 14.7. The summed E-state index contributed by atoms with van der Waals surface area (Å²) >= 11 is 0. The molecule has 1 aromatic rings. The Hall–Kier alpha value is -3.03. The van der Waals surface area contributed by atoms with Gasteiger partial charge in [0, 0.05) is 12.1 Å². The van der Waals surface area contributed by atoms with Crippen LogP contribution in [0.5, 0.6) is 11.5 Å². The second-order valence-electron chi connectivity index (χ2n) is 5.68. The summed E-state index contributed by atoms with van der Waals surface area (Å²) in [7, 11) is 0. The van der Waals surface area contributed by atoms with E-state index < -0.39 is 24.5 Å². The maximum atomic E-state index is 11.7. The molecule has 8 heteroatoms. The van der Waals surface area contributed by atoms with Gasteiger partial charge in [0.05, 0.1) is 0 Å². The predicted molar refractivity (Wildman–Crippen MR) is 93.9 cm³/mol. The summed E-state index contributed by atoms with van der Waals surface area (Å²) < 4.78 is 15.7. The molecule has 0 saturated heterocycles. The first kappa shape index (κ1) is 19.3. The SMILES string of the molecule is CC[C@H](C)NC(=O)NC(=O)COC(=O)/C=C/c1ccc2c(c1)OCCO2. The minimum Gasteiger partial charge on any atom is -0.486 e. The lowest BCUT2D eigenvalue weighted by molar-refractivity contribution is -0.143. The first-order valence-corrected chi connectivity index (χ1v) is 8.32. The third kappa shape index (κ3) is 6.12. The molecule has 0 spiro atoms. The topological polar surface area (TPSA) is 103 Å². The molecule has 26 heavy (non-hydrogen) atoms. The fourth-order valence-corrected chi connectivity index (χ4v) is 2.04. The monoisotopic (exact) mass is 362 g/mol. The molecule has 140 valence electrons. The number of esters is 1. The van der Waals surface area contributed by atoms with Crippen molar-refractivity contribution in [1.82, 2.24) is 10.6 Å². The lowest BCUT2D eigenvalue weighted by atomic mass is 10.2. The van der Waals surface area contributed by atoms with E-state index >= 15 is 0 Å². The molecule has 0 saturated carbocycles. The minimum absolute atomic E-state index is 0.0562. The number of rotatable bonds is 6. The lowest BCUT2D eigenvalue weighted by Gasteiger charge is -2.18. The fourth-order valence-electron chi connectivity index (χ4n) is 2.04. The molecule has 0 aliphatic carbocycles. The van der Waals surface area contributed by atoms with Crippen LogP contribution in [0.25, 0.3) is 6.08 Å². The van der Waals surface area contributed by atoms with Crippen molar-refractivity contribution < 1.29 is 28.6 Å². The number of ether oxygens (including phenoxy) is 3. The van der Waals surface area contributed by atoms with Gasteiger partial charge in [0.25, 0.3) is 5.91 Å². The second-order valence-corrected chi connectivity index (χ2v) is 5.68. The highest BCUT2D eigenvalue weighted by Crippen LogP contribution is 2.31. The summed E-state index contributed by atoms with van der Waals surface area (Å²) in [6, 6.07) is 4.59. The zero-order valence-corrected chi connectivity index (χ0v) is 14.7. The van der Waals surface area contributed by atoms with Crippen molar-refractivity contribution in [3.8, 4) is 11.5 Å². The van der Waals surface area contributed by atoms with Crippen LogP contribution in [0.1, 0.15) is 25.8 Å². The van der Waals surface area contributed by atoms with Crippen LogP contribution in [-0.4, -0.2) is 43.8 Å². The van der Waals surface area contributed by atoms with Crippen LogP contribution < -0.4 is 20.1 Å². The Morgan fingerprint density at radius 3 is 2.69 bits per heavy atom. The summed E-state index contributed by atoms with van der Waals surface area (Å²) in [4.78, 5) is 34.7. The molecule has 0 radical (unpaired) electrons. The van der Waals surface area contributed by atoms with Crippen LogP contribution in [0.4, 0.5) is 4.79 Å². The Morgan fingerprint density at radius 2 is 1.96 bits per heavy atom. The van der Waals surface area contributed by atoms with Gasteiger partial charge in [0.1, 0.15) is 13.2 Å². The molecule has 1 aliphatic rings. The Balaban J connectivity index is 1.77. The van der Waals surface area contributed by atoms with Crippen LogP contribution in [0, 0.1) is 0 Å². The highest BCUT2D eigenvalue weighted by Gasteiger charge is 2.12. The molecule has 2 rings (SSSR count). The smallest absolute Gasteiger partial charge is 0.331 e. The number of benzene rings is 1. The fraction of sp³-hybridized carbons (Fsp3) is 0.389. The van der Waals surface area contributed by atoms with Crippen molar-refractivity contribution in [2.24, 2.45) is 0 Å². The molecule has 0 unspecified atom stereocenters. The molecule has 2 N–H and O–H groups in total. The maximum absolute atomic E-state index is 11.7. The highest BCUT2D eigenvalue weighted by molar-refractivity contribution is 5.96. The van der Waals surface area contributed by atoms with E-state index in [1.54, 1.807) is 18.2 Å². The van der Waals surface area contributed by atoms with Gasteiger partial charge in [-0.1, -0.05) is 13.0 Å². The van der Waals surface area contributed by atoms with Crippen molar-refractivity contribution in [3.63, 3.8) is 0 Å². The second kappa shape index (κ2) is 9.45. The molecule has 1 aliphatic heterocycles. The van der Waals surface area contributed by atoms with E-state index in [2.05, 4.69) is 10.6 Å². The maximum Gasteiger partial charge on any atom is 0.331 e. The summed E-state index contributed by atoms with van der Waals surface area (Å²) in [5, 5.41) is 4.66. The third-order valence-corrected chi connectivity index (χ3v) is 3.57. The van der Waals surface area contributed by atoms with E-state index in [1.165, 1.54) is 12.2 Å². The van der Waals surface area contributed by atoms with E-state index in [0.717, 1.165) is 12.0 Å². The van der Waals surface area contributed by atoms with Crippen LogP contribution >= 0.6 is 0 Å². The number of hydrogen-bond acceptors (Lipinski definition) is 6. The summed E-state index contributed by atoms with van der Waals surface area (Å²) in [6.07, 6.45) is 3.47. The van der Waals surface area contributed by atoms with Gasteiger partial charge >= 0.3 is 12.0 Å². The standard InChI is InChI=1S/C18H22N2O6/c1-3-12(2)19-18(23)20-16(21)11-26-17(22)7-5-13-4-6-14-15(10-13)25-9-8-24-14/h4-7,10,12H,3,8-9,11H2,1-2H3,(H2,19,20,21,23)/b7-5+/t12-/m0/s1. The largest absolute Gasteiger partial charge is 0.486 e. The Kier molecular flexibility index (Phi) is 7.02. The molecular weight excluding hydrogens is 340 g/mol. The molecular formula is C18H22N2O6. The summed E-state index contributed by atoms with van der Waals surface area (Å²) in [6.45, 7) is 4.15. The minimum atomic E-state index is -0.702. The molecule has 1 heterocycles. The molecule has 0 bridgehead atoms.